The summed E-state index contributed by atoms with van der Waals surface area (Å²) >= 11 is 17.8. The molecule has 1 aliphatic heterocycles. The zero-order chi connectivity index (χ0) is 19.5. The first-order valence-corrected chi connectivity index (χ1v) is 8.37. The van der Waals surface area contributed by atoms with Crippen LogP contribution in [0.5, 0.6) is 0 Å². The van der Waals surface area contributed by atoms with E-state index in [0.717, 1.165) is 12.1 Å². The van der Waals surface area contributed by atoms with Crippen molar-refractivity contribution >= 4 is 52.1 Å². The smallest absolute Gasteiger partial charge is 0.289 e. The lowest BCUT2D eigenvalue weighted by Crippen LogP contribution is -2.58. The number of hydrogen-bond donors (Lipinski definition) is 1. The number of morpholine rings is 1. The van der Waals surface area contributed by atoms with Gasteiger partial charge < -0.3 is 10.1 Å². The topological polar surface area (TPSA) is 128 Å². The molecular formula is C13H13Cl3N4O6. The molecule has 142 valence electrons. The molecule has 26 heavy (non-hydrogen) atoms. The van der Waals surface area contributed by atoms with Crippen LogP contribution >= 0.6 is 34.8 Å². The molecule has 1 amide bonds. The number of amides is 1. The molecule has 1 heterocycles. The molecule has 0 saturated carbocycles. The number of alkyl halides is 3. The molecule has 1 aromatic rings. The summed E-state index contributed by atoms with van der Waals surface area (Å²) in [6, 6.07) is 2.68. The van der Waals surface area contributed by atoms with Gasteiger partial charge in [-0.15, -0.1) is 0 Å². The summed E-state index contributed by atoms with van der Waals surface area (Å²) in [6.45, 7) is 1.48. The molecule has 1 aliphatic rings. The van der Waals surface area contributed by atoms with E-state index in [0.29, 0.717) is 32.4 Å². The number of nitro benzene ring substituents is 2. The van der Waals surface area contributed by atoms with Crippen molar-refractivity contribution in [1.82, 2.24) is 10.2 Å². The Balaban J connectivity index is 2.31. The van der Waals surface area contributed by atoms with Crippen molar-refractivity contribution in [3.05, 3.63) is 44.0 Å². The SMILES string of the molecule is O=C(NC(N1CCOCC1)C(Cl)(Cl)Cl)c1ccc([N+](=O)[O-])cc1[N+](=O)[O-]. The predicted molar refractivity (Wildman–Crippen MR) is 93.7 cm³/mol. The second kappa shape index (κ2) is 8.31. The van der Waals surface area contributed by atoms with E-state index >= 15 is 0 Å². The van der Waals surface area contributed by atoms with Crippen molar-refractivity contribution < 1.29 is 19.4 Å². The van der Waals surface area contributed by atoms with Gasteiger partial charge in [0, 0.05) is 19.2 Å². The third-order valence-corrected chi connectivity index (χ3v) is 4.24. The quantitative estimate of drug-likeness (QED) is 0.433. The molecule has 13 heteroatoms. The largest absolute Gasteiger partial charge is 0.379 e. The lowest BCUT2D eigenvalue weighted by atomic mass is 10.1. The summed E-state index contributed by atoms with van der Waals surface area (Å²) in [4.78, 5) is 34.5. The van der Waals surface area contributed by atoms with Gasteiger partial charge in [-0.2, -0.15) is 0 Å². The maximum absolute atomic E-state index is 12.5. The van der Waals surface area contributed by atoms with Crippen LogP contribution in [0.3, 0.4) is 0 Å². The Morgan fingerprint density at radius 1 is 1.19 bits per heavy atom. The van der Waals surface area contributed by atoms with E-state index in [-0.39, 0.29) is 5.56 Å². The number of nitro groups is 2. The van der Waals surface area contributed by atoms with Gasteiger partial charge in [0.1, 0.15) is 11.7 Å². The first-order chi connectivity index (χ1) is 12.1. The Hall–Kier alpha value is -1.72. The Bertz CT molecular complexity index is 720. The molecule has 0 spiro atoms. The van der Waals surface area contributed by atoms with Crippen molar-refractivity contribution in [3.8, 4) is 0 Å². The lowest BCUT2D eigenvalue weighted by Gasteiger charge is -2.38. The maximum Gasteiger partial charge on any atom is 0.289 e. The molecule has 0 aliphatic carbocycles. The van der Waals surface area contributed by atoms with Crippen molar-refractivity contribution in [2.75, 3.05) is 26.3 Å². The minimum Gasteiger partial charge on any atom is -0.379 e. The number of carbonyl (C=O) groups excluding carboxylic acids is 1. The van der Waals surface area contributed by atoms with Gasteiger partial charge in [0.25, 0.3) is 17.3 Å². The average molecular weight is 428 g/mol. The molecular weight excluding hydrogens is 415 g/mol. The molecule has 10 nitrogen and oxygen atoms in total. The van der Waals surface area contributed by atoms with Crippen LogP contribution in [0.2, 0.25) is 0 Å². The first-order valence-electron chi connectivity index (χ1n) is 7.23. The van der Waals surface area contributed by atoms with E-state index in [2.05, 4.69) is 5.32 Å². The van der Waals surface area contributed by atoms with Gasteiger partial charge in [-0.05, 0) is 6.07 Å². The van der Waals surface area contributed by atoms with Crippen LogP contribution in [-0.4, -0.2) is 56.9 Å². The van der Waals surface area contributed by atoms with Gasteiger partial charge in [-0.3, -0.25) is 29.9 Å². The van der Waals surface area contributed by atoms with Gasteiger partial charge in [0.05, 0.1) is 29.1 Å². The monoisotopic (exact) mass is 426 g/mol. The van der Waals surface area contributed by atoms with E-state index in [1.54, 1.807) is 4.90 Å². The fraction of sp³-hybridized carbons (Fsp3) is 0.462. The number of carbonyl (C=O) groups is 1. The second-order valence-electron chi connectivity index (χ2n) is 5.28. The highest BCUT2D eigenvalue weighted by atomic mass is 35.6. The Labute approximate surface area is 162 Å². The van der Waals surface area contributed by atoms with Crippen LogP contribution in [0.1, 0.15) is 10.4 Å². The van der Waals surface area contributed by atoms with Gasteiger partial charge >= 0.3 is 0 Å². The number of ether oxygens (including phenoxy) is 1. The van der Waals surface area contributed by atoms with Crippen LogP contribution in [-0.2, 0) is 4.74 Å². The van der Waals surface area contributed by atoms with Gasteiger partial charge in [0.2, 0.25) is 3.79 Å². The van der Waals surface area contributed by atoms with Crippen molar-refractivity contribution in [3.63, 3.8) is 0 Å². The lowest BCUT2D eigenvalue weighted by molar-refractivity contribution is -0.394. The standard InChI is InChI=1S/C13H13Cl3N4O6/c14-13(15,16)12(18-3-5-26-6-4-18)17-11(21)9-2-1-8(19(22)23)7-10(9)20(24)25/h1-2,7,12H,3-6H2,(H,17,21). The van der Waals surface area contributed by atoms with Crippen LogP contribution in [0, 0.1) is 20.2 Å². The summed E-state index contributed by atoms with van der Waals surface area (Å²) in [7, 11) is 0. The molecule has 1 unspecified atom stereocenters. The van der Waals surface area contributed by atoms with Crippen molar-refractivity contribution in [2.24, 2.45) is 0 Å². The zero-order valence-corrected chi connectivity index (χ0v) is 15.3. The van der Waals surface area contributed by atoms with Crippen LogP contribution in [0.4, 0.5) is 11.4 Å². The van der Waals surface area contributed by atoms with E-state index < -0.39 is 37.1 Å². The maximum atomic E-state index is 12.5. The molecule has 1 fully saturated rings. The fourth-order valence-corrected chi connectivity index (χ4v) is 2.97. The summed E-state index contributed by atoms with van der Waals surface area (Å²) in [5.74, 6) is -0.894. The number of halogens is 3. The van der Waals surface area contributed by atoms with Gasteiger partial charge in [-0.1, -0.05) is 34.8 Å². The molecule has 0 aromatic heterocycles. The fourth-order valence-electron chi connectivity index (χ4n) is 2.39. The van der Waals surface area contributed by atoms with Crippen molar-refractivity contribution in [2.45, 2.75) is 9.96 Å². The molecule has 1 aromatic carbocycles. The molecule has 0 radical (unpaired) electrons. The highest BCUT2D eigenvalue weighted by Gasteiger charge is 2.40. The second-order valence-corrected chi connectivity index (χ2v) is 7.65. The molecule has 1 N–H and O–H groups in total. The molecule has 1 saturated heterocycles. The summed E-state index contributed by atoms with van der Waals surface area (Å²) in [6.07, 6.45) is -1.07. The number of nitrogens with one attached hydrogen (secondary N) is 1. The zero-order valence-electron chi connectivity index (χ0n) is 13.1. The highest BCUT2D eigenvalue weighted by molar-refractivity contribution is 6.68. The van der Waals surface area contributed by atoms with Gasteiger partial charge in [0.15, 0.2) is 0 Å². The van der Waals surface area contributed by atoms with Crippen LogP contribution < -0.4 is 5.32 Å². The predicted octanol–water partition coefficient (Wildman–Crippen LogP) is 2.26. The number of nitrogens with zero attached hydrogens (tertiary/aromatic N) is 3. The van der Waals surface area contributed by atoms with Crippen LogP contribution in [0.15, 0.2) is 18.2 Å². The Kier molecular flexibility index (Phi) is 6.58. The number of benzene rings is 1. The minimum absolute atomic E-state index is 0.366. The third-order valence-electron chi connectivity index (χ3n) is 3.62. The van der Waals surface area contributed by atoms with E-state index in [1.807, 2.05) is 0 Å². The van der Waals surface area contributed by atoms with E-state index in [9.17, 15) is 25.0 Å². The molecule has 0 bridgehead atoms. The summed E-state index contributed by atoms with van der Waals surface area (Å²) < 4.78 is 3.29. The Morgan fingerprint density at radius 3 is 2.31 bits per heavy atom. The summed E-state index contributed by atoms with van der Waals surface area (Å²) in [5.41, 5.74) is -1.62. The van der Waals surface area contributed by atoms with Crippen molar-refractivity contribution in [1.29, 1.82) is 0 Å². The summed E-state index contributed by atoms with van der Waals surface area (Å²) in [5, 5.41) is 24.4. The average Bonchev–Trinajstić information content (AvgIpc) is 2.58. The number of hydrogen-bond acceptors (Lipinski definition) is 7. The third kappa shape index (κ3) is 4.92. The van der Waals surface area contributed by atoms with E-state index in [4.69, 9.17) is 39.5 Å². The van der Waals surface area contributed by atoms with Crippen LogP contribution in [0.25, 0.3) is 0 Å². The first kappa shape index (κ1) is 20.6. The Morgan fingerprint density at radius 2 is 1.81 bits per heavy atom. The molecule has 2 rings (SSSR count). The van der Waals surface area contributed by atoms with Gasteiger partial charge in [-0.25, -0.2) is 0 Å². The van der Waals surface area contributed by atoms with E-state index in [1.165, 1.54) is 0 Å². The highest BCUT2D eigenvalue weighted by Crippen LogP contribution is 2.33. The number of non-ortho nitro benzene ring substituents is 1. The normalized spacial score (nSPS) is 16.7. The number of rotatable bonds is 5. The molecule has 1 atom stereocenters. The minimum atomic E-state index is -1.91.